The number of benzene rings is 2. The molecule has 0 bridgehead atoms. The summed E-state index contributed by atoms with van der Waals surface area (Å²) in [6.45, 7) is 1.79. The summed E-state index contributed by atoms with van der Waals surface area (Å²) in [5.41, 5.74) is 2.17. The number of hydrogen-bond donors (Lipinski definition) is 3. The summed E-state index contributed by atoms with van der Waals surface area (Å²) in [4.78, 5) is 40.0. The molecule has 0 aliphatic rings. The van der Waals surface area contributed by atoms with Crippen LogP contribution in [-0.4, -0.2) is 40.2 Å². The predicted molar refractivity (Wildman–Crippen MR) is 130 cm³/mol. The number of amides is 2. The fraction of sp³-hybridized carbons (Fsp3) is 0.130. The van der Waals surface area contributed by atoms with Gasteiger partial charge >= 0.3 is 5.97 Å². The van der Waals surface area contributed by atoms with Gasteiger partial charge in [0.25, 0.3) is 0 Å². The van der Waals surface area contributed by atoms with Crippen LogP contribution in [0.15, 0.2) is 71.0 Å². The Balaban J connectivity index is 1.55. The van der Waals surface area contributed by atoms with Gasteiger partial charge in [0.05, 0.1) is 18.1 Å². The van der Waals surface area contributed by atoms with E-state index >= 15 is 0 Å². The number of rotatable bonds is 9. The maximum Gasteiger partial charge on any atom is 0.328 e. The number of carbonyl (C=O) groups excluding carboxylic acids is 2. The van der Waals surface area contributed by atoms with Crippen molar-refractivity contribution in [3.63, 3.8) is 0 Å². The van der Waals surface area contributed by atoms with Gasteiger partial charge in [-0.25, -0.2) is 9.78 Å². The fourth-order valence-electron chi connectivity index (χ4n) is 2.66. The number of hydrogen-bond acceptors (Lipinski definition) is 7. The fourth-order valence-corrected chi connectivity index (χ4v) is 4.25. The van der Waals surface area contributed by atoms with E-state index in [1.54, 1.807) is 38.3 Å². The molecule has 1 unspecified atom stereocenters. The Hall–Kier alpha value is -3.63. The van der Waals surface area contributed by atoms with E-state index in [2.05, 4.69) is 15.6 Å². The third-order valence-electron chi connectivity index (χ3n) is 4.28. The Kier molecular flexibility index (Phi) is 8.22. The van der Waals surface area contributed by atoms with Crippen molar-refractivity contribution in [2.75, 3.05) is 17.7 Å². The number of thioether (sulfide) groups is 1. The second-order valence-corrected chi connectivity index (χ2v) is 8.98. The van der Waals surface area contributed by atoms with Gasteiger partial charge in [0.15, 0.2) is 5.13 Å². The minimum Gasteiger partial charge on any atom is -0.497 e. The summed E-state index contributed by atoms with van der Waals surface area (Å²) in [6.07, 6.45) is 1.71. The second kappa shape index (κ2) is 11.3. The molecule has 8 nitrogen and oxygen atoms in total. The molecule has 3 aromatic rings. The molecule has 0 saturated carbocycles. The highest BCUT2D eigenvalue weighted by Gasteiger charge is 2.16. The molecule has 0 saturated heterocycles. The molecule has 2 amide bonds. The number of carbonyl (C=O) groups is 3. The lowest BCUT2D eigenvalue weighted by Crippen LogP contribution is -2.22. The van der Waals surface area contributed by atoms with E-state index in [1.165, 1.54) is 23.1 Å². The number of aromatic nitrogens is 1. The molecule has 33 heavy (non-hydrogen) atoms. The summed E-state index contributed by atoms with van der Waals surface area (Å²) in [5, 5.41) is 16.0. The van der Waals surface area contributed by atoms with Gasteiger partial charge in [-0.05, 0) is 43.3 Å². The highest BCUT2D eigenvalue weighted by molar-refractivity contribution is 8.00. The maximum absolute atomic E-state index is 12.6. The van der Waals surface area contributed by atoms with Crippen molar-refractivity contribution in [3.8, 4) is 17.0 Å². The highest BCUT2D eigenvalue weighted by Crippen LogP contribution is 2.29. The number of ether oxygens (including phenoxy) is 1. The molecule has 0 aliphatic heterocycles. The maximum atomic E-state index is 12.6. The SMILES string of the molecule is COc1cccc(-c2csc(NC(=O)C(C)Sc3ccc(NC(=O)/C=C/C(=O)O)cc3)n2)c1. The normalized spacial score (nSPS) is 11.7. The Morgan fingerprint density at radius 1 is 1.12 bits per heavy atom. The summed E-state index contributed by atoms with van der Waals surface area (Å²) >= 11 is 2.71. The topological polar surface area (TPSA) is 118 Å². The first-order valence-corrected chi connectivity index (χ1v) is 11.5. The van der Waals surface area contributed by atoms with Gasteiger partial charge in [0.2, 0.25) is 11.8 Å². The van der Waals surface area contributed by atoms with Crippen LogP contribution in [0.3, 0.4) is 0 Å². The Labute approximate surface area is 198 Å². The smallest absolute Gasteiger partial charge is 0.328 e. The quantitative estimate of drug-likeness (QED) is 0.303. The molecule has 1 aromatic heterocycles. The molecule has 0 aliphatic carbocycles. The van der Waals surface area contributed by atoms with E-state index in [0.717, 1.165) is 34.1 Å². The van der Waals surface area contributed by atoms with E-state index < -0.39 is 11.9 Å². The molecule has 0 spiro atoms. The molecule has 170 valence electrons. The number of thiazole rings is 1. The van der Waals surface area contributed by atoms with Crippen molar-refractivity contribution in [2.45, 2.75) is 17.1 Å². The number of anilines is 2. The minimum atomic E-state index is -1.20. The van der Waals surface area contributed by atoms with Crippen molar-refractivity contribution >= 4 is 51.7 Å². The zero-order valence-corrected chi connectivity index (χ0v) is 19.4. The Bertz CT molecular complexity index is 1170. The Morgan fingerprint density at radius 3 is 2.58 bits per heavy atom. The molecule has 0 radical (unpaired) electrons. The number of nitrogens with one attached hydrogen (secondary N) is 2. The largest absolute Gasteiger partial charge is 0.497 e. The Morgan fingerprint density at radius 2 is 1.88 bits per heavy atom. The minimum absolute atomic E-state index is 0.178. The molecule has 1 heterocycles. The van der Waals surface area contributed by atoms with E-state index in [1.807, 2.05) is 29.6 Å². The monoisotopic (exact) mass is 483 g/mol. The zero-order valence-electron chi connectivity index (χ0n) is 17.8. The molecule has 0 fully saturated rings. The number of aliphatic carboxylic acids is 1. The van der Waals surface area contributed by atoms with Crippen LogP contribution >= 0.6 is 23.1 Å². The van der Waals surface area contributed by atoms with Gasteiger partial charge in [-0.1, -0.05) is 12.1 Å². The third-order valence-corrected chi connectivity index (χ3v) is 6.15. The van der Waals surface area contributed by atoms with E-state index in [4.69, 9.17) is 9.84 Å². The second-order valence-electron chi connectivity index (χ2n) is 6.70. The van der Waals surface area contributed by atoms with Crippen LogP contribution in [0.25, 0.3) is 11.3 Å². The van der Waals surface area contributed by atoms with Gasteiger partial charge in [0, 0.05) is 33.7 Å². The van der Waals surface area contributed by atoms with Gasteiger partial charge in [0.1, 0.15) is 5.75 Å². The zero-order chi connectivity index (χ0) is 23.8. The molecular formula is C23H21N3O5S2. The standard InChI is InChI=1S/C23H21N3O5S2/c1-14(33-18-8-6-16(7-9-18)24-20(27)10-11-21(28)29)22(30)26-23-25-19(13-32-23)15-4-3-5-17(12-15)31-2/h3-14H,1-2H3,(H,24,27)(H,28,29)(H,25,26,30)/b11-10+. The lowest BCUT2D eigenvalue weighted by atomic mass is 10.2. The van der Waals surface area contributed by atoms with Crippen molar-refractivity contribution in [3.05, 3.63) is 66.1 Å². The van der Waals surface area contributed by atoms with Crippen molar-refractivity contribution < 1.29 is 24.2 Å². The van der Waals surface area contributed by atoms with Gasteiger partial charge in [-0.2, -0.15) is 0 Å². The first-order valence-electron chi connectivity index (χ1n) is 9.73. The first-order chi connectivity index (χ1) is 15.8. The van der Waals surface area contributed by atoms with Crippen LogP contribution in [0.4, 0.5) is 10.8 Å². The summed E-state index contributed by atoms with van der Waals surface area (Å²) in [7, 11) is 1.61. The van der Waals surface area contributed by atoms with Crippen molar-refractivity contribution in [2.24, 2.45) is 0 Å². The van der Waals surface area contributed by atoms with E-state index in [9.17, 15) is 14.4 Å². The lowest BCUT2D eigenvalue weighted by molar-refractivity contribution is -0.131. The summed E-state index contributed by atoms with van der Waals surface area (Å²) in [5.74, 6) is -1.18. The molecule has 10 heteroatoms. The average Bonchev–Trinajstić information content (AvgIpc) is 3.27. The van der Waals surface area contributed by atoms with Crippen LogP contribution in [0, 0.1) is 0 Å². The van der Waals surface area contributed by atoms with Gasteiger partial charge < -0.3 is 20.5 Å². The number of methoxy groups -OCH3 is 1. The van der Waals surface area contributed by atoms with Crippen LogP contribution in [0.5, 0.6) is 5.75 Å². The van der Waals surface area contributed by atoms with Crippen molar-refractivity contribution in [1.29, 1.82) is 0 Å². The molecule has 3 N–H and O–H groups in total. The summed E-state index contributed by atoms with van der Waals surface area (Å²) in [6, 6.07) is 14.5. The predicted octanol–water partition coefficient (Wildman–Crippen LogP) is 4.52. The third kappa shape index (κ3) is 7.19. The van der Waals surface area contributed by atoms with Gasteiger partial charge in [-0.3, -0.25) is 9.59 Å². The van der Waals surface area contributed by atoms with Gasteiger partial charge in [-0.15, -0.1) is 23.1 Å². The highest BCUT2D eigenvalue weighted by atomic mass is 32.2. The number of carboxylic acids is 1. The lowest BCUT2D eigenvalue weighted by Gasteiger charge is -2.11. The van der Waals surface area contributed by atoms with E-state index in [0.29, 0.717) is 10.8 Å². The first kappa shape index (κ1) is 24.0. The van der Waals surface area contributed by atoms with Crippen LogP contribution in [-0.2, 0) is 14.4 Å². The molecule has 3 rings (SSSR count). The van der Waals surface area contributed by atoms with Crippen molar-refractivity contribution in [1.82, 2.24) is 4.98 Å². The molecule has 1 atom stereocenters. The van der Waals surface area contributed by atoms with Crippen LogP contribution in [0.1, 0.15) is 6.92 Å². The van der Waals surface area contributed by atoms with Crippen LogP contribution in [0.2, 0.25) is 0 Å². The van der Waals surface area contributed by atoms with E-state index in [-0.39, 0.29) is 11.2 Å². The number of carboxylic acid groups (broad SMARTS) is 1. The molecular weight excluding hydrogens is 462 g/mol. The number of nitrogens with zero attached hydrogens (tertiary/aromatic N) is 1. The molecule has 2 aromatic carbocycles. The summed E-state index contributed by atoms with van der Waals surface area (Å²) < 4.78 is 5.24. The van der Waals surface area contributed by atoms with Crippen LogP contribution < -0.4 is 15.4 Å². The average molecular weight is 484 g/mol.